The SMILES string of the molecule is Cc1cc(C)c(CNC(=O)N[C@H](C)Cn2cccn2)c(=O)[nH]1. The predicted octanol–water partition coefficient (Wildman–Crippen LogP) is 1.08. The molecule has 2 heterocycles. The van der Waals surface area contributed by atoms with Crippen LogP contribution < -0.4 is 16.2 Å². The van der Waals surface area contributed by atoms with Gasteiger partial charge < -0.3 is 15.6 Å². The zero-order chi connectivity index (χ0) is 16.1. The van der Waals surface area contributed by atoms with Gasteiger partial charge in [0.1, 0.15) is 0 Å². The minimum atomic E-state index is -0.306. The van der Waals surface area contributed by atoms with Crippen molar-refractivity contribution in [1.82, 2.24) is 25.4 Å². The van der Waals surface area contributed by atoms with Crippen LogP contribution in [0.1, 0.15) is 23.7 Å². The Morgan fingerprint density at radius 3 is 2.86 bits per heavy atom. The van der Waals surface area contributed by atoms with Gasteiger partial charge in [-0.25, -0.2) is 4.79 Å². The van der Waals surface area contributed by atoms with Gasteiger partial charge in [-0.05, 0) is 38.5 Å². The number of aromatic amines is 1. The van der Waals surface area contributed by atoms with Crippen molar-refractivity contribution in [3.8, 4) is 0 Å². The molecule has 0 aliphatic rings. The van der Waals surface area contributed by atoms with Crippen molar-refractivity contribution in [3.63, 3.8) is 0 Å². The number of aryl methyl sites for hydroxylation is 2. The molecule has 22 heavy (non-hydrogen) atoms. The number of rotatable bonds is 5. The van der Waals surface area contributed by atoms with Gasteiger partial charge >= 0.3 is 6.03 Å². The van der Waals surface area contributed by atoms with Gasteiger partial charge in [-0.1, -0.05) is 0 Å². The summed E-state index contributed by atoms with van der Waals surface area (Å²) in [5.41, 5.74) is 2.08. The van der Waals surface area contributed by atoms with E-state index >= 15 is 0 Å². The average Bonchev–Trinajstić information content (AvgIpc) is 2.89. The average molecular weight is 303 g/mol. The van der Waals surface area contributed by atoms with Crippen LogP contribution >= 0.6 is 0 Å². The number of carbonyl (C=O) groups excluding carboxylic acids is 1. The Hall–Kier alpha value is -2.57. The number of hydrogen-bond donors (Lipinski definition) is 3. The van der Waals surface area contributed by atoms with E-state index in [0.29, 0.717) is 12.1 Å². The molecule has 118 valence electrons. The minimum Gasteiger partial charge on any atom is -0.334 e. The molecule has 3 N–H and O–H groups in total. The molecule has 7 heteroatoms. The number of nitrogens with zero attached hydrogens (tertiary/aromatic N) is 2. The van der Waals surface area contributed by atoms with Gasteiger partial charge in [-0.3, -0.25) is 9.48 Å². The van der Waals surface area contributed by atoms with Crippen LogP contribution in [0.4, 0.5) is 4.79 Å². The van der Waals surface area contributed by atoms with E-state index in [1.54, 1.807) is 10.9 Å². The number of amides is 2. The molecule has 0 radical (unpaired) electrons. The summed E-state index contributed by atoms with van der Waals surface area (Å²) in [6, 6.07) is 3.34. The highest BCUT2D eigenvalue weighted by Crippen LogP contribution is 2.02. The lowest BCUT2D eigenvalue weighted by Gasteiger charge is -2.15. The monoisotopic (exact) mass is 303 g/mol. The molecule has 0 fully saturated rings. The predicted molar refractivity (Wildman–Crippen MR) is 83.6 cm³/mol. The largest absolute Gasteiger partial charge is 0.334 e. The molecule has 0 unspecified atom stereocenters. The lowest BCUT2D eigenvalue weighted by Crippen LogP contribution is -2.43. The Kier molecular flexibility index (Phi) is 4.98. The highest BCUT2D eigenvalue weighted by atomic mass is 16.2. The second-order valence-electron chi connectivity index (χ2n) is 5.40. The summed E-state index contributed by atoms with van der Waals surface area (Å²) in [4.78, 5) is 26.5. The second kappa shape index (κ2) is 6.93. The van der Waals surface area contributed by atoms with Gasteiger partial charge in [0.2, 0.25) is 0 Å². The number of carbonyl (C=O) groups is 1. The molecule has 1 atom stereocenters. The van der Waals surface area contributed by atoms with Crippen molar-refractivity contribution in [3.05, 3.63) is 51.7 Å². The van der Waals surface area contributed by atoms with E-state index in [-0.39, 0.29) is 24.2 Å². The number of nitrogens with one attached hydrogen (secondary N) is 3. The third-order valence-corrected chi connectivity index (χ3v) is 3.32. The normalized spacial score (nSPS) is 12.0. The quantitative estimate of drug-likeness (QED) is 0.771. The summed E-state index contributed by atoms with van der Waals surface area (Å²) >= 11 is 0. The number of pyridine rings is 1. The topological polar surface area (TPSA) is 91.8 Å². The molecule has 0 saturated carbocycles. The van der Waals surface area contributed by atoms with E-state index < -0.39 is 0 Å². The molecule has 0 bridgehead atoms. The zero-order valence-electron chi connectivity index (χ0n) is 13.0. The number of H-pyrrole nitrogens is 1. The van der Waals surface area contributed by atoms with Crippen LogP contribution in [0.2, 0.25) is 0 Å². The van der Waals surface area contributed by atoms with Crippen LogP contribution in [0.5, 0.6) is 0 Å². The molecule has 2 amide bonds. The van der Waals surface area contributed by atoms with Gasteiger partial charge in [0.15, 0.2) is 0 Å². The van der Waals surface area contributed by atoms with Crippen molar-refractivity contribution in [2.75, 3.05) is 0 Å². The summed E-state index contributed by atoms with van der Waals surface area (Å²) in [7, 11) is 0. The van der Waals surface area contributed by atoms with Crippen molar-refractivity contribution in [2.45, 2.75) is 39.9 Å². The van der Waals surface area contributed by atoms with Crippen molar-refractivity contribution in [1.29, 1.82) is 0 Å². The molecular formula is C15H21N5O2. The molecule has 0 saturated heterocycles. The third kappa shape index (κ3) is 4.21. The summed E-state index contributed by atoms with van der Waals surface area (Å²) in [6.45, 7) is 6.37. The van der Waals surface area contributed by atoms with E-state index in [0.717, 1.165) is 11.3 Å². The fraction of sp³-hybridized carbons (Fsp3) is 0.400. The van der Waals surface area contributed by atoms with Crippen LogP contribution in [0.3, 0.4) is 0 Å². The summed E-state index contributed by atoms with van der Waals surface area (Å²) in [5.74, 6) is 0. The molecular weight excluding hydrogens is 282 g/mol. The summed E-state index contributed by atoms with van der Waals surface area (Å²) < 4.78 is 1.75. The van der Waals surface area contributed by atoms with Crippen molar-refractivity contribution in [2.24, 2.45) is 0 Å². The van der Waals surface area contributed by atoms with Gasteiger partial charge in [-0.15, -0.1) is 0 Å². The molecule has 2 rings (SSSR count). The maximum atomic E-state index is 11.9. The Morgan fingerprint density at radius 1 is 1.45 bits per heavy atom. The van der Waals surface area contributed by atoms with Crippen LogP contribution in [0.25, 0.3) is 0 Å². The molecule has 0 aliphatic carbocycles. The molecule has 0 aliphatic heterocycles. The van der Waals surface area contributed by atoms with Crippen molar-refractivity contribution < 1.29 is 4.79 Å². The number of urea groups is 1. The third-order valence-electron chi connectivity index (χ3n) is 3.32. The van der Waals surface area contributed by atoms with Crippen molar-refractivity contribution >= 4 is 6.03 Å². The van der Waals surface area contributed by atoms with E-state index in [1.165, 1.54) is 0 Å². The van der Waals surface area contributed by atoms with E-state index in [2.05, 4.69) is 20.7 Å². The number of hydrogen-bond acceptors (Lipinski definition) is 3. The lowest BCUT2D eigenvalue weighted by molar-refractivity contribution is 0.235. The minimum absolute atomic E-state index is 0.0719. The van der Waals surface area contributed by atoms with Crippen LogP contribution in [-0.2, 0) is 13.1 Å². The second-order valence-corrected chi connectivity index (χ2v) is 5.40. The Bertz CT molecular complexity index is 690. The zero-order valence-corrected chi connectivity index (χ0v) is 13.0. The first-order valence-electron chi connectivity index (χ1n) is 7.17. The summed E-state index contributed by atoms with van der Waals surface area (Å²) in [5, 5.41) is 9.61. The van der Waals surface area contributed by atoms with Gasteiger partial charge in [0.05, 0.1) is 13.1 Å². The Morgan fingerprint density at radius 2 is 2.23 bits per heavy atom. The maximum Gasteiger partial charge on any atom is 0.315 e. The summed E-state index contributed by atoms with van der Waals surface area (Å²) in [6.07, 6.45) is 3.53. The molecule has 0 spiro atoms. The standard InChI is InChI=1S/C15H21N5O2/c1-10-7-11(2)18-14(21)13(10)8-16-15(22)19-12(3)9-20-6-4-5-17-20/h4-7,12H,8-9H2,1-3H3,(H,18,21)(H2,16,19,22)/t12-/m1/s1. The Labute approximate surface area is 128 Å². The smallest absolute Gasteiger partial charge is 0.315 e. The molecule has 2 aromatic rings. The van der Waals surface area contributed by atoms with E-state index in [1.807, 2.05) is 39.1 Å². The number of aromatic nitrogens is 3. The first-order chi connectivity index (χ1) is 10.5. The molecule has 0 aromatic carbocycles. The fourth-order valence-corrected chi connectivity index (χ4v) is 2.28. The fourth-order valence-electron chi connectivity index (χ4n) is 2.28. The first kappa shape index (κ1) is 15.8. The van der Waals surface area contributed by atoms with E-state index in [9.17, 15) is 9.59 Å². The lowest BCUT2D eigenvalue weighted by atomic mass is 10.1. The molecule has 2 aromatic heterocycles. The van der Waals surface area contributed by atoms with Crippen LogP contribution in [0.15, 0.2) is 29.3 Å². The molecule has 7 nitrogen and oxygen atoms in total. The van der Waals surface area contributed by atoms with Crippen LogP contribution in [0, 0.1) is 13.8 Å². The highest BCUT2D eigenvalue weighted by molar-refractivity contribution is 5.74. The van der Waals surface area contributed by atoms with E-state index in [4.69, 9.17) is 0 Å². The van der Waals surface area contributed by atoms with Gasteiger partial charge in [-0.2, -0.15) is 5.10 Å². The maximum absolute atomic E-state index is 11.9. The van der Waals surface area contributed by atoms with Crippen LogP contribution in [-0.4, -0.2) is 26.8 Å². The van der Waals surface area contributed by atoms with Gasteiger partial charge in [0, 0.05) is 29.7 Å². The van der Waals surface area contributed by atoms with Gasteiger partial charge in [0.25, 0.3) is 5.56 Å². The first-order valence-corrected chi connectivity index (χ1v) is 7.17. The Balaban J connectivity index is 1.86. The highest BCUT2D eigenvalue weighted by Gasteiger charge is 2.10.